The van der Waals surface area contributed by atoms with Gasteiger partial charge in [0.1, 0.15) is 10.8 Å². The number of nitrogens with one attached hydrogen (secondary N) is 1. The Labute approximate surface area is 136 Å². The number of rotatable bonds is 5. The van der Waals surface area contributed by atoms with Gasteiger partial charge in [0.05, 0.1) is 16.2 Å². The van der Waals surface area contributed by atoms with Crippen molar-refractivity contribution in [1.82, 2.24) is 10.3 Å². The van der Waals surface area contributed by atoms with Crippen LogP contribution in [0.3, 0.4) is 0 Å². The van der Waals surface area contributed by atoms with Gasteiger partial charge in [-0.3, -0.25) is 0 Å². The van der Waals surface area contributed by atoms with Crippen molar-refractivity contribution < 1.29 is 4.39 Å². The Morgan fingerprint density at radius 1 is 1.38 bits per heavy atom. The molecule has 1 heterocycles. The van der Waals surface area contributed by atoms with Crippen molar-refractivity contribution in [2.45, 2.75) is 44.7 Å². The van der Waals surface area contributed by atoms with E-state index in [0.29, 0.717) is 16.4 Å². The summed E-state index contributed by atoms with van der Waals surface area (Å²) in [5.74, 6) is 0.197. The molecule has 1 aromatic carbocycles. The minimum Gasteiger partial charge on any atom is -0.301 e. The fourth-order valence-electron chi connectivity index (χ4n) is 2.19. The van der Waals surface area contributed by atoms with Gasteiger partial charge in [0.15, 0.2) is 0 Å². The van der Waals surface area contributed by atoms with E-state index in [0.717, 1.165) is 16.3 Å². The predicted molar refractivity (Wildman–Crippen MR) is 88.3 cm³/mol. The highest BCUT2D eigenvalue weighted by Crippen LogP contribution is 2.33. The van der Waals surface area contributed by atoms with E-state index in [4.69, 9.17) is 4.98 Å². The zero-order valence-electron chi connectivity index (χ0n) is 12.1. The zero-order valence-corrected chi connectivity index (χ0v) is 14.5. The van der Waals surface area contributed by atoms with Gasteiger partial charge in [0.25, 0.3) is 0 Å². The molecule has 1 atom stereocenters. The third-order valence-electron chi connectivity index (χ3n) is 3.63. The lowest BCUT2D eigenvalue weighted by Gasteiger charge is -2.17. The van der Waals surface area contributed by atoms with Crippen molar-refractivity contribution in [3.8, 4) is 0 Å². The van der Waals surface area contributed by atoms with Crippen molar-refractivity contribution in [2.75, 3.05) is 0 Å². The van der Waals surface area contributed by atoms with Gasteiger partial charge in [-0.15, -0.1) is 11.3 Å². The van der Waals surface area contributed by atoms with E-state index in [1.165, 1.54) is 18.9 Å². The quantitative estimate of drug-likeness (QED) is 0.802. The van der Waals surface area contributed by atoms with Gasteiger partial charge in [-0.05, 0) is 52.4 Å². The van der Waals surface area contributed by atoms with Crippen LogP contribution in [0.1, 0.15) is 54.9 Å². The van der Waals surface area contributed by atoms with E-state index in [9.17, 15) is 4.39 Å². The first-order valence-electron chi connectivity index (χ1n) is 7.21. The summed E-state index contributed by atoms with van der Waals surface area (Å²) in [5.41, 5.74) is 2.18. The Hall–Kier alpha value is -0.780. The van der Waals surface area contributed by atoms with Crippen molar-refractivity contribution in [3.63, 3.8) is 0 Å². The van der Waals surface area contributed by atoms with Crippen LogP contribution in [0, 0.1) is 5.82 Å². The predicted octanol–water partition coefficient (Wildman–Crippen LogP) is 5.01. The highest BCUT2D eigenvalue weighted by Gasteiger charge is 2.28. The first-order valence-corrected chi connectivity index (χ1v) is 8.88. The molecule has 1 aliphatic carbocycles. The zero-order chi connectivity index (χ0) is 15.0. The highest BCUT2D eigenvalue weighted by molar-refractivity contribution is 9.10. The molecule has 1 unspecified atom stereocenters. The molecule has 1 fully saturated rings. The van der Waals surface area contributed by atoms with Crippen LogP contribution < -0.4 is 5.32 Å². The van der Waals surface area contributed by atoms with Gasteiger partial charge in [-0.2, -0.15) is 0 Å². The molecule has 0 amide bonds. The molecule has 1 aliphatic rings. The van der Waals surface area contributed by atoms with Crippen LogP contribution in [0.5, 0.6) is 0 Å². The van der Waals surface area contributed by atoms with E-state index in [1.807, 2.05) is 12.1 Å². The van der Waals surface area contributed by atoms with Crippen LogP contribution in [-0.2, 0) is 0 Å². The number of halogens is 2. The summed E-state index contributed by atoms with van der Waals surface area (Å²) in [6, 6.07) is 5.82. The number of aromatic nitrogens is 1. The molecular weight excluding hydrogens is 351 g/mol. The van der Waals surface area contributed by atoms with Crippen LogP contribution in [-0.4, -0.2) is 11.0 Å². The van der Waals surface area contributed by atoms with Gasteiger partial charge in [-0.1, -0.05) is 19.9 Å². The van der Waals surface area contributed by atoms with Crippen LogP contribution in [0.25, 0.3) is 0 Å². The first kappa shape index (κ1) is 15.1. The standard InChI is InChI=1S/C16H18BrFN2S/c1-9(2)14-8-21-16(20-14)15(19-11-4-5-11)10-3-6-13(18)12(17)7-10/h3,6-9,11,15,19H,4-5H2,1-2H3. The summed E-state index contributed by atoms with van der Waals surface area (Å²) in [6.45, 7) is 4.30. The molecule has 1 N–H and O–H groups in total. The molecule has 3 rings (SSSR count). The van der Waals surface area contributed by atoms with E-state index in [2.05, 4.69) is 40.5 Å². The molecule has 1 aromatic heterocycles. The number of hydrogen-bond acceptors (Lipinski definition) is 3. The minimum absolute atomic E-state index is 0.0481. The molecule has 1 saturated carbocycles. The molecule has 2 aromatic rings. The van der Waals surface area contributed by atoms with E-state index in [-0.39, 0.29) is 11.9 Å². The topological polar surface area (TPSA) is 24.9 Å². The van der Waals surface area contributed by atoms with Gasteiger partial charge in [0, 0.05) is 11.4 Å². The fraction of sp³-hybridized carbons (Fsp3) is 0.438. The summed E-state index contributed by atoms with van der Waals surface area (Å²) in [6.07, 6.45) is 2.42. The molecule has 0 saturated heterocycles. The second-order valence-corrected chi connectivity index (χ2v) is 7.56. The Kier molecular flexibility index (Phi) is 4.43. The van der Waals surface area contributed by atoms with Gasteiger partial charge < -0.3 is 5.32 Å². The second-order valence-electron chi connectivity index (χ2n) is 5.81. The average molecular weight is 369 g/mol. The maximum Gasteiger partial charge on any atom is 0.137 e. The molecule has 0 radical (unpaired) electrons. The van der Waals surface area contributed by atoms with Crippen molar-refractivity contribution in [2.24, 2.45) is 0 Å². The molecule has 5 heteroatoms. The lowest BCUT2D eigenvalue weighted by atomic mass is 10.1. The Morgan fingerprint density at radius 3 is 2.71 bits per heavy atom. The van der Waals surface area contributed by atoms with Crippen molar-refractivity contribution >= 4 is 27.3 Å². The third kappa shape index (κ3) is 3.52. The molecule has 0 spiro atoms. The van der Waals surface area contributed by atoms with Crippen molar-refractivity contribution in [3.05, 3.63) is 50.1 Å². The normalized spacial score (nSPS) is 16.4. The first-order chi connectivity index (χ1) is 10.0. The van der Waals surface area contributed by atoms with E-state index >= 15 is 0 Å². The Bertz CT molecular complexity index is 637. The maximum atomic E-state index is 13.5. The van der Waals surface area contributed by atoms with Crippen LogP contribution in [0.4, 0.5) is 4.39 Å². The van der Waals surface area contributed by atoms with Crippen LogP contribution in [0.15, 0.2) is 28.1 Å². The molecule has 2 nitrogen and oxygen atoms in total. The SMILES string of the molecule is CC(C)c1csc(C(NC2CC2)c2ccc(F)c(Br)c2)n1. The van der Waals surface area contributed by atoms with Gasteiger partial charge in [-0.25, -0.2) is 9.37 Å². The Balaban J connectivity index is 1.93. The van der Waals surface area contributed by atoms with Crippen molar-refractivity contribution in [1.29, 1.82) is 0 Å². The number of hydrogen-bond donors (Lipinski definition) is 1. The minimum atomic E-state index is -0.231. The number of benzene rings is 1. The molecule has 21 heavy (non-hydrogen) atoms. The Morgan fingerprint density at radius 2 is 2.14 bits per heavy atom. The summed E-state index contributed by atoms with van der Waals surface area (Å²) in [7, 11) is 0. The molecule has 0 aliphatic heterocycles. The molecular formula is C16H18BrFN2S. The van der Waals surface area contributed by atoms with E-state index in [1.54, 1.807) is 11.3 Å². The monoisotopic (exact) mass is 368 g/mol. The lowest BCUT2D eigenvalue weighted by molar-refractivity contribution is 0.588. The summed E-state index contributed by atoms with van der Waals surface area (Å²) in [5, 5.41) is 6.81. The van der Waals surface area contributed by atoms with Crippen LogP contribution in [0.2, 0.25) is 0 Å². The fourth-order valence-corrected chi connectivity index (χ4v) is 3.65. The van der Waals surface area contributed by atoms with E-state index < -0.39 is 0 Å². The third-order valence-corrected chi connectivity index (χ3v) is 5.17. The van der Waals surface area contributed by atoms with Crippen LogP contribution >= 0.6 is 27.3 Å². The smallest absolute Gasteiger partial charge is 0.137 e. The molecule has 0 bridgehead atoms. The summed E-state index contributed by atoms with van der Waals surface area (Å²) < 4.78 is 14.0. The number of thiazole rings is 1. The average Bonchev–Trinajstić information content (AvgIpc) is 3.13. The largest absolute Gasteiger partial charge is 0.301 e. The summed E-state index contributed by atoms with van der Waals surface area (Å²) in [4.78, 5) is 4.77. The summed E-state index contributed by atoms with van der Waals surface area (Å²) >= 11 is 4.96. The highest BCUT2D eigenvalue weighted by atomic mass is 79.9. The molecule has 112 valence electrons. The second kappa shape index (κ2) is 6.15. The maximum absolute atomic E-state index is 13.5. The van der Waals surface area contributed by atoms with Gasteiger partial charge in [0.2, 0.25) is 0 Å². The lowest BCUT2D eigenvalue weighted by Crippen LogP contribution is -2.24. The number of nitrogens with zero attached hydrogens (tertiary/aromatic N) is 1. The van der Waals surface area contributed by atoms with Gasteiger partial charge >= 0.3 is 0 Å².